The summed E-state index contributed by atoms with van der Waals surface area (Å²) in [6.45, 7) is 13.2. The number of rotatable bonds is 6. The average Bonchev–Trinajstić information content (AvgIpc) is 2.86. The van der Waals surface area contributed by atoms with Crippen LogP contribution in [0.3, 0.4) is 0 Å². The highest BCUT2D eigenvalue weighted by Gasteiger charge is 2.08. The first-order valence-electron chi connectivity index (χ1n) is 8.90. The van der Waals surface area contributed by atoms with Crippen molar-refractivity contribution in [1.82, 2.24) is 20.4 Å². The molecule has 2 rings (SSSR count). The van der Waals surface area contributed by atoms with Gasteiger partial charge in [-0.2, -0.15) is 5.10 Å². The number of aromatic nitrogens is 2. The van der Waals surface area contributed by atoms with E-state index in [-0.39, 0.29) is 0 Å². The Balaban J connectivity index is 1.82. The molecule has 0 saturated carbocycles. The molecule has 0 fully saturated rings. The number of nitrogens with zero attached hydrogens (tertiary/aromatic N) is 3. The number of guanidine groups is 1. The predicted octanol–water partition coefficient (Wildman–Crippen LogP) is 3.12. The molecule has 25 heavy (non-hydrogen) atoms. The van der Waals surface area contributed by atoms with Gasteiger partial charge in [0.25, 0.3) is 0 Å². The van der Waals surface area contributed by atoms with Crippen molar-refractivity contribution in [1.29, 1.82) is 0 Å². The number of hydrogen-bond acceptors (Lipinski definition) is 2. The van der Waals surface area contributed by atoms with Gasteiger partial charge in [0.1, 0.15) is 0 Å². The van der Waals surface area contributed by atoms with Crippen LogP contribution in [0.4, 0.5) is 0 Å². The maximum Gasteiger partial charge on any atom is 0.191 e. The maximum absolute atomic E-state index is 4.53. The smallest absolute Gasteiger partial charge is 0.191 e. The lowest BCUT2D eigenvalue weighted by atomic mass is 10.1. The molecule has 0 aliphatic carbocycles. The van der Waals surface area contributed by atoms with Crippen molar-refractivity contribution in [2.45, 2.75) is 47.7 Å². The van der Waals surface area contributed by atoms with E-state index >= 15 is 0 Å². The number of hydrogen-bond donors (Lipinski definition) is 2. The second-order valence-electron chi connectivity index (χ2n) is 6.95. The molecule has 2 N–H and O–H groups in total. The lowest BCUT2D eigenvalue weighted by molar-refractivity contribution is 0.436. The minimum Gasteiger partial charge on any atom is -0.356 e. The Bertz CT molecular complexity index is 730. The molecule has 0 bridgehead atoms. The van der Waals surface area contributed by atoms with Crippen LogP contribution < -0.4 is 10.6 Å². The summed E-state index contributed by atoms with van der Waals surface area (Å²) >= 11 is 0. The summed E-state index contributed by atoms with van der Waals surface area (Å²) in [5.41, 5.74) is 6.18. The van der Waals surface area contributed by atoms with E-state index in [9.17, 15) is 0 Å². The van der Waals surface area contributed by atoms with Gasteiger partial charge in [0.15, 0.2) is 5.96 Å². The molecule has 1 unspecified atom stereocenters. The van der Waals surface area contributed by atoms with E-state index in [0.29, 0.717) is 5.92 Å². The Morgan fingerprint density at radius 3 is 2.52 bits per heavy atom. The zero-order valence-electron chi connectivity index (χ0n) is 16.3. The molecule has 5 heteroatoms. The second-order valence-corrected chi connectivity index (χ2v) is 6.95. The summed E-state index contributed by atoms with van der Waals surface area (Å²) in [5, 5.41) is 11.3. The fraction of sp³-hybridized carbons (Fsp3) is 0.500. The van der Waals surface area contributed by atoms with Crippen LogP contribution in [0.1, 0.15) is 35.0 Å². The van der Waals surface area contributed by atoms with Gasteiger partial charge in [0.2, 0.25) is 0 Å². The monoisotopic (exact) mass is 341 g/mol. The molecule has 0 aliphatic heterocycles. The zero-order chi connectivity index (χ0) is 18.4. The van der Waals surface area contributed by atoms with Crippen LogP contribution in [0.15, 0.2) is 29.3 Å². The van der Waals surface area contributed by atoms with Crippen molar-refractivity contribution in [3.63, 3.8) is 0 Å². The van der Waals surface area contributed by atoms with E-state index < -0.39 is 0 Å². The standard InChI is InChI=1S/C20H31N5/c1-14-7-8-19(16(3)9-14)12-23-20(21-6)22-11-15(2)13-25-18(5)10-17(4)24-25/h7-10,15H,11-13H2,1-6H3,(H2,21,22,23). The lowest BCUT2D eigenvalue weighted by Crippen LogP contribution is -2.39. The number of nitrogens with one attached hydrogen (secondary N) is 2. The summed E-state index contributed by atoms with van der Waals surface area (Å²) in [7, 11) is 1.81. The Hall–Kier alpha value is -2.30. The van der Waals surface area contributed by atoms with Gasteiger partial charge < -0.3 is 10.6 Å². The number of aliphatic imine (C=N–C) groups is 1. The maximum atomic E-state index is 4.53. The third kappa shape index (κ3) is 5.62. The van der Waals surface area contributed by atoms with Gasteiger partial charge in [-0.15, -0.1) is 0 Å². The molecule has 0 radical (unpaired) electrons. The molecule has 0 amide bonds. The van der Waals surface area contributed by atoms with Crippen LogP contribution in [0, 0.1) is 33.6 Å². The third-order valence-corrected chi connectivity index (χ3v) is 4.37. The van der Waals surface area contributed by atoms with Crippen molar-refractivity contribution in [2.75, 3.05) is 13.6 Å². The van der Waals surface area contributed by atoms with Crippen molar-refractivity contribution in [3.8, 4) is 0 Å². The van der Waals surface area contributed by atoms with E-state index in [1.165, 1.54) is 22.4 Å². The van der Waals surface area contributed by atoms with Crippen molar-refractivity contribution >= 4 is 5.96 Å². The third-order valence-electron chi connectivity index (χ3n) is 4.37. The molecule has 136 valence electrons. The minimum atomic E-state index is 0.456. The van der Waals surface area contributed by atoms with Crippen LogP contribution in [0.5, 0.6) is 0 Å². The highest BCUT2D eigenvalue weighted by Crippen LogP contribution is 2.10. The van der Waals surface area contributed by atoms with Gasteiger partial charge in [-0.05, 0) is 50.8 Å². The predicted molar refractivity (Wildman–Crippen MR) is 105 cm³/mol. The van der Waals surface area contributed by atoms with Crippen LogP contribution in [-0.2, 0) is 13.1 Å². The first kappa shape index (κ1) is 19.0. The van der Waals surface area contributed by atoms with Gasteiger partial charge in [0.05, 0.1) is 5.69 Å². The molecule has 1 atom stereocenters. The lowest BCUT2D eigenvalue weighted by Gasteiger charge is -2.17. The summed E-state index contributed by atoms with van der Waals surface area (Å²) in [5.74, 6) is 1.29. The van der Waals surface area contributed by atoms with E-state index in [4.69, 9.17) is 0 Å². The largest absolute Gasteiger partial charge is 0.356 e. The Labute approximate surface area is 151 Å². The van der Waals surface area contributed by atoms with E-state index in [1.807, 2.05) is 14.0 Å². The molecule has 0 spiro atoms. The van der Waals surface area contributed by atoms with Gasteiger partial charge in [-0.25, -0.2) is 0 Å². The summed E-state index contributed by atoms with van der Waals surface area (Å²) in [4.78, 5) is 4.32. The second kappa shape index (κ2) is 8.70. The van der Waals surface area contributed by atoms with Crippen LogP contribution in [-0.4, -0.2) is 29.3 Å². The average molecular weight is 342 g/mol. The number of benzene rings is 1. The topological polar surface area (TPSA) is 54.2 Å². The Morgan fingerprint density at radius 2 is 1.92 bits per heavy atom. The van der Waals surface area contributed by atoms with Crippen molar-refractivity contribution in [3.05, 3.63) is 52.3 Å². The highest BCUT2D eigenvalue weighted by atomic mass is 15.3. The Morgan fingerprint density at radius 1 is 1.16 bits per heavy atom. The SMILES string of the molecule is CN=C(NCc1ccc(C)cc1C)NCC(C)Cn1nc(C)cc1C. The molecule has 2 aromatic rings. The summed E-state index contributed by atoms with van der Waals surface area (Å²) < 4.78 is 2.08. The normalized spacial score (nSPS) is 13.0. The van der Waals surface area contributed by atoms with E-state index in [2.05, 4.69) is 77.4 Å². The van der Waals surface area contributed by atoms with E-state index in [1.54, 1.807) is 0 Å². The van der Waals surface area contributed by atoms with Crippen LogP contribution >= 0.6 is 0 Å². The quantitative estimate of drug-likeness (QED) is 0.627. The van der Waals surface area contributed by atoms with E-state index in [0.717, 1.165) is 31.3 Å². The Kier molecular flexibility index (Phi) is 6.62. The molecule has 0 saturated heterocycles. The van der Waals surface area contributed by atoms with Gasteiger partial charge in [-0.1, -0.05) is 30.7 Å². The zero-order valence-corrected chi connectivity index (χ0v) is 16.3. The molecule has 1 heterocycles. The molecular formula is C20H31N5. The molecule has 1 aromatic carbocycles. The van der Waals surface area contributed by atoms with Crippen molar-refractivity contribution < 1.29 is 0 Å². The minimum absolute atomic E-state index is 0.456. The van der Waals surface area contributed by atoms with Gasteiger partial charge in [0, 0.05) is 32.4 Å². The van der Waals surface area contributed by atoms with Crippen molar-refractivity contribution in [2.24, 2.45) is 10.9 Å². The highest BCUT2D eigenvalue weighted by molar-refractivity contribution is 5.79. The summed E-state index contributed by atoms with van der Waals surface area (Å²) in [6.07, 6.45) is 0. The molecule has 1 aromatic heterocycles. The van der Waals surface area contributed by atoms with Crippen LogP contribution in [0.25, 0.3) is 0 Å². The van der Waals surface area contributed by atoms with Crippen LogP contribution in [0.2, 0.25) is 0 Å². The molecule has 5 nitrogen and oxygen atoms in total. The fourth-order valence-corrected chi connectivity index (χ4v) is 2.93. The molecular weight excluding hydrogens is 310 g/mol. The first-order chi connectivity index (χ1) is 11.9. The fourth-order valence-electron chi connectivity index (χ4n) is 2.93. The number of aryl methyl sites for hydroxylation is 4. The van der Waals surface area contributed by atoms with Gasteiger partial charge >= 0.3 is 0 Å². The molecule has 0 aliphatic rings. The van der Waals surface area contributed by atoms with Gasteiger partial charge in [-0.3, -0.25) is 9.67 Å². The first-order valence-corrected chi connectivity index (χ1v) is 8.90. The summed E-state index contributed by atoms with van der Waals surface area (Å²) in [6, 6.07) is 8.65.